The van der Waals surface area contributed by atoms with Gasteiger partial charge in [0.1, 0.15) is 5.82 Å². The van der Waals surface area contributed by atoms with Crippen LogP contribution in [0.1, 0.15) is 49.3 Å². The maximum absolute atomic E-state index is 13.0. The Kier molecular flexibility index (Phi) is 6.87. The molecule has 8 nitrogen and oxygen atoms in total. The molecule has 2 N–H and O–H groups in total. The van der Waals surface area contributed by atoms with Crippen molar-refractivity contribution in [1.29, 1.82) is 0 Å². The third kappa shape index (κ3) is 5.78. The third-order valence-corrected chi connectivity index (χ3v) is 5.56. The topological polar surface area (TPSA) is 110 Å². The summed E-state index contributed by atoms with van der Waals surface area (Å²) in [4.78, 5) is 42.1. The fraction of sp³-hybridized carbons (Fsp3) is 0.214. The summed E-state index contributed by atoms with van der Waals surface area (Å²) in [6.45, 7) is 9.59. The lowest BCUT2D eigenvalue weighted by atomic mass is 9.91. The minimum absolute atomic E-state index is 0.158. The summed E-state index contributed by atoms with van der Waals surface area (Å²) in [7, 11) is 0. The van der Waals surface area contributed by atoms with Crippen LogP contribution in [0.25, 0.3) is 22.5 Å². The van der Waals surface area contributed by atoms with Crippen molar-refractivity contribution in [2.24, 2.45) is 0 Å². The smallest absolute Gasteiger partial charge is 0.255 e. The van der Waals surface area contributed by atoms with Crippen molar-refractivity contribution < 1.29 is 9.59 Å². The number of anilines is 2. The number of amides is 2. The molecule has 0 radical (unpaired) electrons. The van der Waals surface area contributed by atoms with Crippen LogP contribution in [0.3, 0.4) is 0 Å². The first-order valence-electron chi connectivity index (χ1n) is 11.5. The zero-order valence-electron chi connectivity index (χ0n) is 21.0. The SMILES string of the molecule is CC(=O)Nc1cc(-c2cncc(-c3cc(NC(=O)c4ccnc(C(C)(C)C)c4)ccc3C)n2)ccn1. The van der Waals surface area contributed by atoms with E-state index in [9.17, 15) is 9.59 Å². The van der Waals surface area contributed by atoms with E-state index in [1.54, 1.807) is 36.9 Å². The lowest BCUT2D eigenvalue weighted by Gasteiger charge is -2.18. The zero-order valence-corrected chi connectivity index (χ0v) is 21.0. The Hall–Kier alpha value is -4.46. The maximum atomic E-state index is 13.0. The monoisotopic (exact) mass is 480 g/mol. The van der Waals surface area contributed by atoms with E-state index in [-0.39, 0.29) is 17.2 Å². The standard InChI is InChI=1S/C28H28N6O2/c1-17-6-7-21(33-27(36)20-9-10-30-25(12-20)28(3,4)5)14-22(17)24-16-29-15-23(34-24)19-8-11-31-26(13-19)32-18(2)35/h6-16H,1-5H3,(H,33,36)(H,31,32,35). The number of hydrogen-bond donors (Lipinski definition) is 2. The number of nitrogens with zero attached hydrogens (tertiary/aromatic N) is 4. The van der Waals surface area contributed by atoms with Crippen molar-refractivity contribution in [2.45, 2.75) is 40.0 Å². The Balaban J connectivity index is 1.62. The molecule has 0 unspecified atom stereocenters. The van der Waals surface area contributed by atoms with Crippen LogP contribution in [-0.2, 0) is 10.2 Å². The van der Waals surface area contributed by atoms with Crippen molar-refractivity contribution in [1.82, 2.24) is 19.9 Å². The van der Waals surface area contributed by atoms with E-state index in [2.05, 4.69) is 46.4 Å². The fourth-order valence-electron chi connectivity index (χ4n) is 3.63. The van der Waals surface area contributed by atoms with Gasteiger partial charge in [-0.15, -0.1) is 0 Å². The van der Waals surface area contributed by atoms with Crippen LogP contribution in [0, 0.1) is 6.92 Å². The van der Waals surface area contributed by atoms with E-state index in [1.807, 2.05) is 37.3 Å². The first-order chi connectivity index (χ1) is 17.1. The van der Waals surface area contributed by atoms with E-state index in [0.29, 0.717) is 28.5 Å². The van der Waals surface area contributed by atoms with Crippen molar-refractivity contribution in [2.75, 3.05) is 10.6 Å². The predicted octanol–water partition coefficient (Wildman–Crippen LogP) is 5.42. The second-order valence-electron chi connectivity index (χ2n) is 9.56. The summed E-state index contributed by atoms with van der Waals surface area (Å²) < 4.78 is 0. The average Bonchev–Trinajstić information content (AvgIpc) is 2.84. The number of rotatable bonds is 5. The number of benzene rings is 1. The van der Waals surface area contributed by atoms with Crippen molar-refractivity contribution in [3.63, 3.8) is 0 Å². The van der Waals surface area contributed by atoms with Crippen LogP contribution in [0.15, 0.2) is 67.3 Å². The molecule has 0 fully saturated rings. The second-order valence-corrected chi connectivity index (χ2v) is 9.56. The lowest BCUT2D eigenvalue weighted by molar-refractivity contribution is -0.114. The highest BCUT2D eigenvalue weighted by Crippen LogP contribution is 2.28. The van der Waals surface area contributed by atoms with E-state index in [0.717, 1.165) is 22.4 Å². The molecule has 0 spiro atoms. The van der Waals surface area contributed by atoms with Gasteiger partial charge in [0.25, 0.3) is 5.91 Å². The lowest BCUT2D eigenvalue weighted by Crippen LogP contribution is -2.17. The van der Waals surface area contributed by atoms with Gasteiger partial charge < -0.3 is 10.6 Å². The molecule has 3 heterocycles. The molecule has 3 aromatic heterocycles. The Bertz CT molecular complexity index is 1440. The summed E-state index contributed by atoms with van der Waals surface area (Å²) in [5.74, 6) is 0.0361. The Morgan fingerprint density at radius 2 is 1.61 bits per heavy atom. The van der Waals surface area contributed by atoms with Crippen molar-refractivity contribution in [3.8, 4) is 22.5 Å². The number of pyridine rings is 2. The molecular formula is C28H28N6O2. The van der Waals surface area contributed by atoms with Gasteiger partial charge in [-0.1, -0.05) is 26.8 Å². The number of aryl methyl sites for hydroxylation is 1. The maximum Gasteiger partial charge on any atom is 0.255 e. The van der Waals surface area contributed by atoms with Gasteiger partial charge in [-0.25, -0.2) is 9.97 Å². The average molecular weight is 481 g/mol. The summed E-state index contributed by atoms with van der Waals surface area (Å²) in [5.41, 5.74) is 5.82. The number of carbonyl (C=O) groups is 2. The Morgan fingerprint density at radius 1 is 0.861 bits per heavy atom. The second kappa shape index (κ2) is 10.0. The molecule has 0 atom stereocenters. The first-order valence-corrected chi connectivity index (χ1v) is 11.5. The minimum atomic E-state index is -0.208. The van der Waals surface area contributed by atoms with Gasteiger partial charge in [-0.2, -0.15) is 0 Å². The molecule has 0 saturated carbocycles. The molecule has 36 heavy (non-hydrogen) atoms. The van der Waals surface area contributed by atoms with Crippen LogP contribution < -0.4 is 10.6 Å². The minimum Gasteiger partial charge on any atom is -0.322 e. The highest BCUT2D eigenvalue weighted by molar-refractivity contribution is 6.04. The van der Waals surface area contributed by atoms with Gasteiger partial charge in [0.2, 0.25) is 5.91 Å². The van der Waals surface area contributed by atoms with Crippen LogP contribution in [0.2, 0.25) is 0 Å². The van der Waals surface area contributed by atoms with E-state index < -0.39 is 0 Å². The quantitative estimate of drug-likeness (QED) is 0.395. The summed E-state index contributed by atoms with van der Waals surface area (Å²) >= 11 is 0. The van der Waals surface area contributed by atoms with Gasteiger partial charge in [0, 0.05) is 52.8 Å². The number of aromatic nitrogens is 4. The summed E-state index contributed by atoms with van der Waals surface area (Å²) in [6, 6.07) is 12.8. The molecule has 182 valence electrons. The zero-order chi connectivity index (χ0) is 25.9. The molecule has 4 aromatic rings. The largest absolute Gasteiger partial charge is 0.322 e. The molecule has 8 heteroatoms. The van der Waals surface area contributed by atoms with Gasteiger partial charge in [0.05, 0.1) is 23.8 Å². The van der Waals surface area contributed by atoms with Crippen LogP contribution in [0.5, 0.6) is 0 Å². The molecule has 0 aliphatic rings. The molecule has 0 saturated heterocycles. The highest BCUT2D eigenvalue weighted by atomic mass is 16.2. The molecule has 0 bridgehead atoms. The van der Waals surface area contributed by atoms with Crippen LogP contribution >= 0.6 is 0 Å². The number of carbonyl (C=O) groups excluding carboxylic acids is 2. The van der Waals surface area contributed by atoms with Crippen LogP contribution in [-0.4, -0.2) is 31.8 Å². The molecule has 4 rings (SSSR count). The first kappa shape index (κ1) is 24.7. The normalized spacial score (nSPS) is 11.1. The fourth-order valence-corrected chi connectivity index (χ4v) is 3.63. The van der Waals surface area contributed by atoms with Gasteiger partial charge in [-0.3, -0.25) is 19.6 Å². The summed E-state index contributed by atoms with van der Waals surface area (Å²) in [5, 5.41) is 5.66. The summed E-state index contributed by atoms with van der Waals surface area (Å²) in [6.07, 6.45) is 6.62. The van der Waals surface area contributed by atoms with Crippen molar-refractivity contribution in [3.05, 3.63) is 84.1 Å². The van der Waals surface area contributed by atoms with Crippen LogP contribution in [0.4, 0.5) is 11.5 Å². The predicted molar refractivity (Wildman–Crippen MR) is 141 cm³/mol. The third-order valence-electron chi connectivity index (χ3n) is 5.56. The highest BCUT2D eigenvalue weighted by Gasteiger charge is 2.18. The molecule has 2 amide bonds. The Morgan fingerprint density at radius 3 is 2.36 bits per heavy atom. The van der Waals surface area contributed by atoms with Gasteiger partial charge in [-0.05, 0) is 48.9 Å². The molecule has 0 aliphatic carbocycles. The van der Waals surface area contributed by atoms with Crippen molar-refractivity contribution >= 4 is 23.3 Å². The number of nitrogens with one attached hydrogen (secondary N) is 2. The molecular weight excluding hydrogens is 452 g/mol. The van der Waals surface area contributed by atoms with E-state index in [4.69, 9.17) is 4.98 Å². The van der Waals surface area contributed by atoms with E-state index >= 15 is 0 Å². The molecule has 0 aliphatic heterocycles. The Labute approximate surface area is 210 Å². The number of hydrogen-bond acceptors (Lipinski definition) is 6. The molecule has 1 aromatic carbocycles. The van der Waals surface area contributed by atoms with Gasteiger partial charge >= 0.3 is 0 Å². The van der Waals surface area contributed by atoms with Gasteiger partial charge in [0.15, 0.2) is 0 Å². The van der Waals surface area contributed by atoms with E-state index in [1.165, 1.54) is 6.92 Å².